The molecule has 0 aliphatic carbocycles. The monoisotopic (exact) mass is 447 g/mol. The Balaban J connectivity index is 1.64. The van der Waals surface area contributed by atoms with E-state index in [-0.39, 0.29) is 17.6 Å². The number of aryl methyl sites for hydroxylation is 1. The van der Waals surface area contributed by atoms with Gasteiger partial charge in [-0.3, -0.25) is 9.69 Å². The number of piperazine rings is 1. The van der Waals surface area contributed by atoms with Gasteiger partial charge in [0, 0.05) is 56.5 Å². The summed E-state index contributed by atoms with van der Waals surface area (Å²) < 4.78 is 12.5. The largest absolute Gasteiger partial charge is 0.497 e. The molecule has 8 heteroatoms. The Hall–Kier alpha value is -3.57. The van der Waals surface area contributed by atoms with Crippen LogP contribution in [0.2, 0.25) is 0 Å². The third-order valence-electron chi connectivity index (χ3n) is 6.46. The maximum Gasteiger partial charge on any atom is 0.270 e. The molecule has 8 nitrogen and oxygen atoms in total. The van der Waals surface area contributed by atoms with Gasteiger partial charge in [-0.1, -0.05) is 12.6 Å². The number of benzene rings is 1. The average Bonchev–Trinajstić information content (AvgIpc) is 2.83. The quantitative estimate of drug-likeness (QED) is 0.557. The Bertz CT molecular complexity index is 1280. The first-order valence-electron chi connectivity index (χ1n) is 11.0. The van der Waals surface area contributed by atoms with E-state index in [2.05, 4.69) is 33.5 Å². The molecule has 0 saturated carbocycles. The molecule has 1 fully saturated rings. The van der Waals surface area contributed by atoms with Gasteiger partial charge in [0.1, 0.15) is 11.5 Å². The minimum atomic E-state index is -0.0832. The Morgan fingerprint density at radius 1 is 1.09 bits per heavy atom. The van der Waals surface area contributed by atoms with Crippen molar-refractivity contribution in [3.05, 3.63) is 63.7 Å². The maximum atomic E-state index is 12.7. The molecule has 0 radical (unpaired) electrons. The second-order valence-electron chi connectivity index (χ2n) is 8.53. The number of hydrogen-bond donors (Lipinski definition) is 0. The molecule has 33 heavy (non-hydrogen) atoms. The number of nitrogens with zero attached hydrogens (tertiary/aromatic N) is 5. The zero-order chi connectivity index (χ0) is 23.7. The molecule has 1 aliphatic rings. The lowest BCUT2D eigenvalue weighted by Crippen LogP contribution is -2.56. The molecule has 3 heterocycles. The summed E-state index contributed by atoms with van der Waals surface area (Å²) in [6.07, 6.45) is 0. The van der Waals surface area contributed by atoms with Crippen molar-refractivity contribution in [2.75, 3.05) is 32.2 Å². The summed E-state index contributed by atoms with van der Waals surface area (Å²) in [5.41, 5.74) is 3.23. The topological polar surface area (TPSA) is 64.2 Å². The Kier molecular flexibility index (Phi) is 6.25. The molecule has 2 atom stereocenters. The van der Waals surface area contributed by atoms with Crippen molar-refractivity contribution in [3.8, 4) is 11.5 Å². The van der Waals surface area contributed by atoms with Crippen LogP contribution in [0.4, 0.5) is 11.5 Å². The zero-order valence-electron chi connectivity index (χ0n) is 19.7. The third-order valence-corrected chi connectivity index (χ3v) is 6.46. The molecule has 0 unspecified atom stereocenters. The van der Waals surface area contributed by atoms with Gasteiger partial charge < -0.3 is 23.8 Å². The minimum absolute atomic E-state index is 0.0832. The highest BCUT2D eigenvalue weighted by atomic mass is 16.5. The van der Waals surface area contributed by atoms with Crippen molar-refractivity contribution in [3.63, 3.8) is 0 Å². The van der Waals surface area contributed by atoms with Gasteiger partial charge in [-0.05, 0) is 32.0 Å². The fraction of sp³-hybridized carbons (Fsp3) is 0.400. The van der Waals surface area contributed by atoms with Crippen molar-refractivity contribution in [1.82, 2.24) is 14.5 Å². The van der Waals surface area contributed by atoms with Gasteiger partial charge in [0.2, 0.25) is 5.52 Å². The summed E-state index contributed by atoms with van der Waals surface area (Å²) in [6.45, 7) is 14.0. The van der Waals surface area contributed by atoms with Crippen molar-refractivity contribution >= 4 is 22.5 Å². The zero-order valence-corrected chi connectivity index (χ0v) is 19.7. The summed E-state index contributed by atoms with van der Waals surface area (Å²) in [4.78, 5) is 25.4. The lowest BCUT2D eigenvalue weighted by Gasteiger charge is -2.45. The third kappa shape index (κ3) is 4.24. The van der Waals surface area contributed by atoms with Gasteiger partial charge in [-0.25, -0.2) is 0 Å². The minimum Gasteiger partial charge on any atom is -0.497 e. The van der Waals surface area contributed by atoms with Crippen LogP contribution in [0.1, 0.15) is 19.4 Å². The van der Waals surface area contributed by atoms with E-state index in [1.807, 2.05) is 18.2 Å². The summed E-state index contributed by atoms with van der Waals surface area (Å²) in [7, 11) is 5.06. The molecule has 172 valence electrons. The fourth-order valence-corrected chi connectivity index (χ4v) is 4.54. The van der Waals surface area contributed by atoms with E-state index >= 15 is 0 Å². The van der Waals surface area contributed by atoms with Crippen molar-refractivity contribution in [2.24, 2.45) is 7.05 Å². The predicted octanol–water partition coefficient (Wildman–Crippen LogP) is 3.60. The van der Waals surface area contributed by atoms with Gasteiger partial charge in [0.25, 0.3) is 11.4 Å². The van der Waals surface area contributed by atoms with Crippen molar-refractivity contribution in [2.45, 2.75) is 32.5 Å². The second-order valence-corrected chi connectivity index (χ2v) is 8.53. The molecule has 2 aromatic heterocycles. The van der Waals surface area contributed by atoms with Crippen LogP contribution in [-0.2, 0) is 13.6 Å². The SMILES string of the molecule is [C-]#[N+]c1ccc2c(n1)c(N1C[C@@H](C)N(Cc3ccc(OC)cc3OC)C[C@@H]1C)cc(=O)n2C. The number of anilines is 1. The summed E-state index contributed by atoms with van der Waals surface area (Å²) in [5, 5.41) is 0. The Morgan fingerprint density at radius 2 is 1.88 bits per heavy atom. The van der Waals surface area contributed by atoms with Crippen LogP contribution < -0.4 is 19.9 Å². The molecular weight excluding hydrogens is 418 g/mol. The summed E-state index contributed by atoms with van der Waals surface area (Å²) in [5.74, 6) is 1.91. The van der Waals surface area contributed by atoms with Gasteiger partial charge in [-0.2, -0.15) is 0 Å². The van der Waals surface area contributed by atoms with Crippen LogP contribution >= 0.6 is 0 Å². The van der Waals surface area contributed by atoms with Crippen LogP contribution in [-0.4, -0.2) is 53.8 Å². The van der Waals surface area contributed by atoms with Gasteiger partial charge >= 0.3 is 0 Å². The molecule has 0 bridgehead atoms. The van der Waals surface area contributed by atoms with Crippen molar-refractivity contribution in [1.29, 1.82) is 0 Å². The number of hydrogen-bond acceptors (Lipinski definition) is 6. The normalized spacial score (nSPS) is 18.8. The molecule has 1 aromatic carbocycles. The second kappa shape index (κ2) is 9.12. The average molecular weight is 448 g/mol. The summed E-state index contributed by atoms with van der Waals surface area (Å²) in [6, 6.07) is 11.4. The molecule has 1 aliphatic heterocycles. The Morgan fingerprint density at radius 3 is 2.58 bits per heavy atom. The standard InChI is InChI=1S/C25H29N5O3/c1-16-14-30(21-12-24(31)28(4)20-9-10-23(26-3)27-25(20)21)17(2)13-29(16)15-18-7-8-19(32-5)11-22(18)33-6/h7-12,16-17H,13-15H2,1-2,4-6H3/t16-,17+/m1/s1. The Labute approximate surface area is 193 Å². The van der Waals surface area contributed by atoms with E-state index in [4.69, 9.17) is 16.0 Å². The number of pyridine rings is 2. The summed E-state index contributed by atoms with van der Waals surface area (Å²) >= 11 is 0. The van der Waals surface area contributed by atoms with E-state index in [1.165, 1.54) is 0 Å². The molecule has 1 saturated heterocycles. The van der Waals surface area contributed by atoms with E-state index in [1.54, 1.807) is 44.0 Å². The molecule has 0 amide bonds. The highest BCUT2D eigenvalue weighted by molar-refractivity contribution is 5.89. The van der Waals surface area contributed by atoms with Crippen LogP contribution in [0.15, 0.2) is 41.2 Å². The van der Waals surface area contributed by atoms with Crippen LogP contribution in [0.5, 0.6) is 11.5 Å². The van der Waals surface area contributed by atoms with Crippen LogP contribution in [0, 0.1) is 6.57 Å². The lowest BCUT2D eigenvalue weighted by molar-refractivity contribution is 0.156. The number of ether oxygens (including phenoxy) is 2. The number of methoxy groups -OCH3 is 2. The van der Waals surface area contributed by atoms with Crippen molar-refractivity contribution < 1.29 is 9.47 Å². The van der Waals surface area contributed by atoms with Crippen LogP contribution in [0.25, 0.3) is 15.9 Å². The smallest absolute Gasteiger partial charge is 0.270 e. The molecule has 4 rings (SSSR count). The fourth-order valence-electron chi connectivity index (χ4n) is 4.54. The predicted molar refractivity (Wildman–Crippen MR) is 129 cm³/mol. The molecule has 0 spiro atoms. The first-order chi connectivity index (χ1) is 15.9. The van der Waals surface area contributed by atoms with E-state index in [0.717, 1.165) is 47.9 Å². The molecular formula is C25H29N5O3. The lowest BCUT2D eigenvalue weighted by atomic mass is 10.0. The number of aromatic nitrogens is 2. The van der Waals surface area contributed by atoms with Gasteiger partial charge in [-0.15, -0.1) is 4.98 Å². The van der Waals surface area contributed by atoms with E-state index in [9.17, 15) is 4.79 Å². The van der Waals surface area contributed by atoms with Crippen LogP contribution in [0.3, 0.4) is 0 Å². The molecule has 3 aromatic rings. The number of fused-ring (bicyclic) bond motifs is 1. The highest BCUT2D eigenvalue weighted by Gasteiger charge is 2.32. The van der Waals surface area contributed by atoms with E-state index < -0.39 is 0 Å². The first kappa shape index (κ1) is 22.6. The van der Waals surface area contributed by atoms with E-state index in [0.29, 0.717) is 11.3 Å². The number of rotatable bonds is 5. The first-order valence-corrected chi connectivity index (χ1v) is 11.0. The van der Waals surface area contributed by atoms with Gasteiger partial charge in [0.15, 0.2) is 0 Å². The van der Waals surface area contributed by atoms with Gasteiger partial charge in [0.05, 0.1) is 25.4 Å². The molecule has 0 N–H and O–H groups in total. The maximum absolute atomic E-state index is 12.7. The highest BCUT2D eigenvalue weighted by Crippen LogP contribution is 2.32.